The number of nitrogens with zero attached hydrogens (tertiary/aromatic N) is 2. The van der Waals surface area contributed by atoms with Gasteiger partial charge in [-0.3, -0.25) is 5.10 Å². The van der Waals surface area contributed by atoms with Crippen LogP contribution in [0.3, 0.4) is 0 Å². The van der Waals surface area contributed by atoms with Crippen LogP contribution in [0, 0.1) is 0 Å². The third-order valence-electron chi connectivity index (χ3n) is 2.43. The Morgan fingerprint density at radius 2 is 2.53 bits per heavy atom. The summed E-state index contributed by atoms with van der Waals surface area (Å²) in [7, 11) is 0. The molecule has 94 valence electrons. The highest BCUT2D eigenvalue weighted by Crippen LogP contribution is 2.02. The first-order chi connectivity index (χ1) is 8.29. The van der Waals surface area contributed by atoms with E-state index in [0.29, 0.717) is 25.5 Å². The predicted octanol–water partition coefficient (Wildman–Crippen LogP) is -0.488. The summed E-state index contributed by atoms with van der Waals surface area (Å²) in [5, 5.41) is 9.86. The van der Waals surface area contributed by atoms with Gasteiger partial charge in [0.2, 0.25) is 0 Å². The smallest absolute Gasteiger partial charge is 0.378 e. The maximum absolute atomic E-state index is 11.3. The lowest BCUT2D eigenvalue weighted by Gasteiger charge is -2.22. The van der Waals surface area contributed by atoms with Gasteiger partial charge in [0.15, 0.2) is 0 Å². The van der Waals surface area contributed by atoms with Gasteiger partial charge >= 0.3 is 5.97 Å². The summed E-state index contributed by atoms with van der Waals surface area (Å²) in [6.07, 6.45) is 0.659. The Bertz CT molecular complexity index is 373. The zero-order valence-electron chi connectivity index (χ0n) is 9.73. The van der Waals surface area contributed by atoms with Crippen LogP contribution in [0.2, 0.25) is 0 Å². The van der Waals surface area contributed by atoms with Gasteiger partial charge in [-0.1, -0.05) is 0 Å². The van der Waals surface area contributed by atoms with Gasteiger partial charge in [0.25, 0.3) is 5.82 Å². The van der Waals surface area contributed by atoms with Crippen LogP contribution in [0.1, 0.15) is 23.4 Å². The molecule has 0 aromatic carbocycles. The first kappa shape index (κ1) is 12.0. The Hall–Kier alpha value is -1.47. The SMILES string of the molecule is CCOC(=O)c1n[nH]c(CC2COCCN2)n1. The zero-order chi connectivity index (χ0) is 12.1. The molecule has 1 atom stereocenters. The number of carbonyl (C=O) groups excluding carboxylic acids is 1. The number of hydrogen-bond donors (Lipinski definition) is 2. The van der Waals surface area contributed by atoms with E-state index in [1.54, 1.807) is 6.92 Å². The largest absolute Gasteiger partial charge is 0.460 e. The third-order valence-corrected chi connectivity index (χ3v) is 2.43. The molecule has 2 rings (SSSR count). The van der Waals surface area contributed by atoms with Crippen LogP contribution in [-0.2, 0) is 15.9 Å². The quantitative estimate of drug-likeness (QED) is 0.690. The van der Waals surface area contributed by atoms with Crippen molar-refractivity contribution in [3.63, 3.8) is 0 Å². The summed E-state index contributed by atoms with van der Waals surface area (Å²) in [4.78, 5) is 15.4. The average molecular weight is 240 g/mol. The number of aromatic amines is 1. The highest BCUT2D eigenvalue weighted by atomic mass is 16.5. The lowest BCUT2D eigenvalue weighted by Crippen LogP contribution is -2.42. The Morgan fingerprint density at radius 1 is 1.65 bits per heavy atom. The van der Waals surface area contributed by atoms with Crippen LogP contribution >= 0.6 is 0 Å². The van der Waals surface area contributed by atoms with Crippen molar-refractivity contribution in [2.75, 3.05) is 26.4 Å². The molecular weight excluding hydrogens is 224 g/mol. The van der Waals surface area contributed by atoms with Gasteiger partial charge in [0.1, 0.15) is 5.82 Å². The summed E-state index contributed by atoms with van der Waals surface area (Å²) in [5.74, 6) is 0.248. The number of rotatable bonds is 4. The van der Waals surface area contributed by atoms with Crippen LogP contribution < -0.4 is 5.32 Å². The molecule has 0 spiro atoms. The van der Waals surface area contributed by atoms with Gasteiger partial charge in [0.05, 0.1) is 19.8 Å². The Labute approximate surface area is 98.9 Å². The van der Waals surface area contributed by atoms with Crippen molar-refractivity contribution >= 4 is 5.97 Å². The van der Waals surface area contributed by atoms with E-state index in [-0.39, 0.29) is 11.9 Å². The minimum Gasteiger partial charge on any atom is -0.460 e. The lowest BCUT2D eigenvalue weighted by molar-refractivity contribution is 0.0512. The van der Waals surface area contributed by atoms with E-state index in [0.717, 1.165) is 13.2 Å². The highest BCUT2D eigenvalue weighted by molar-refractivity contribution is 5.84. The minimum atomic E-state index is -0.497. The molecule has 7 heteroatoms. The summed E-state index contributed by atoms with van der Waals surface area (Å²) in [5.41, 5.74) is 0. The zero-order valence-corrected chi connectivity index (χ0v) is 9.73. The van der Waals surface area contributed by atoms with Gasteiger partial charge < -0.3 is 14.8 Å². The number of carbonyl (C=O) groups is 1. The number of H-pyrrole nitrogens is 1. The molecule has 1 aromatic heterocycles. The fourth-order valence-corrected chi connectivity index (χ4v) is 1.66. The topological polar surface area (TPSA) is 89.1 Å². The fraction of sp³-hybridized carbons (Fsp3) is 0.700. The normalized spacial score (nSPS) is 20.2. The van der Waals surface area contributed by atoms with Crippen LogP contribution in [0.15, 0.2) is 0 Å². The molecule has 1 aliphatic rings. The molecule has 2 N–H and O–H groups in total. The Morgan fingerprint density at radius 3 is 3.24 bits per heavy atom. The summed E-state index contributed by atoms with van der Waals surface area (Å²) >= 11 is 0. The maximum atomic E-state index is 11.3. The molecular formula is C10H16N4O3. The van der Waals surface area contributed by atoms with E-state index in [1.165, 1.54) is 0 Å². The van der Waals surface area contributed by atoms with Crippen LogP contribution in [0.25, 0.3) is 0 Å². The van der Waals surface area contributed by atoms with Crippen LogP contribution in [-0.4, -0.2) is 53.6 Å². The van der Waals surface area contributed by atoms with E-state index in [2.05, 4.69) is 20.5 Å². The number of nitrogens with one attached hydrogen (secondary N) is 2. The van der Waals surface area contributed by atoms with Gasteiger partial charge in [-0.15, -0.1) is 5.10 Å². The summed E-state index contributed by atoms with van der Waals surface area (Å²) < 4.78 is 10.1. The van der Waals surface area contributed by atoms with E-state index in [9.17, 15) is 4.79 Å². The lowest BCUT2D eigenvalue weighted by atomic mass is 10.2. The second-order valence-corrected chi connectivity index (χ2v) is 3.76. The minimum absolute atomic E-state index is 0.0820. The van der Waals surface area contributed by atoms with Crippen molar-refractivity contribution in [1.82, 2.24) is 20.5 Å². The Kier molecular flexibility index (Phi) is 4.05. The number of aromatic nitrogens is 3. The molecule has 17 heavy (non-hydrogen) atoms. The van der Waals surface area contributed by atoms with Crippen molar-refractivity contribution in [1.29, 1.82) is 0 Å². The number of morpholine rings is 1. The Balaban J connectivity index is 1.91. The maximum Gasteiger partial charge on any atom is 0.378 e. The van der Waals surface area contributed by atoms with Gasteiger partial charge in [0, 0.05) is 19.0 Å². The molecule has 2 heterocycles. The third kappa shape index (κ3) is 3.24. The molecule has 1 aliphatic heterocycles. The molecule has 1 aromatic rings. The molecule has 1 unspecified atom stereocenters. The number of esters is 1. The standard InChI is InChI=1S/C10H16N4O3/c1-2-17-10(15)9-12-8(13-14-9)5-7-6-16-4-3-11-7/h7,11H,2-6H2,1H3,(H,12,13,14). The second-order valence-electron chi connectivity index (χ2n) is 3.76. The molecule has 0 saturated carbocycles. The van der Waals surface area contributed by atoms with Gasteiger partial charge in [-0.25, -0.2) is 9.78 Å². The van der Waals surface area contributed by atoms with E-state index < -0.39 is 5.97 Å². The molecule has 7 nitrogen and oxygen atoms in total. The van der Waals surface area contributed by atoms with Crippen molar-refractivity contribution < 1.29 is 14.3 Å². The van der Waals surface area contributed by atoms with E-state index in [4.69, 9.17) is 9.47 Å². The van der Waals surface area contributed by atoms with Crippen molar-refractivity contribution in [3.8, 4) is 0 Å². The van der Waals surface area contributed by atoms with E-state index >= 15 is 0 Å². The summed E-state index contributed by atoms with van der Waals surface area (Å²) in [6.45, 7) is 4.29. The summed E-state index contributed by atoms with van der Waals surface area (Å²) in [6, 6.07) is 0.215. The predicted molar refractivity (Wildman–Crippen MR) is 58.7 cm³/mol. The molecule has 0 aliphatic carbocycles. The highest BCUT2D eigenvalue weighted by Gasteiger charge is 2.18. The van der Waals surface area contributed by atoms with Crippen LogP contribution in [0.4, 0.5) is 0 Å². The monoisotopic (exact) mass is 240 g/mol. The molecule has 0 bridgehead atoms. The molecule has 1 saturated heterocycles. The van der Waals surface area contributed by atoms with Crippen molar-refractivity contribution in [2.45, 2.75) is 19.4 Å². The number of hydrogen-bond acceptors (Lipinski definition) is 6. The fourth-order valence-electron chi connectivity index (χ4n) is 1.66. The van der Waals surface area contributed by atoms with E-state index in [1.807, 2.05) is 0 Å². The van der Waals surface area contributed by atoms with Gasteiger partial charge in [-0.2, -0.15) is 0 Å². The average Bonchev–Trinajstić information content (AvgIpc) is 2.79. The molecule has 1 fully saturated rings. The van der Waals surface area contributed by atoms with Gasteiger partial charge in [-0.05, 0) is 6.92 Å². The van der Waals surface area contributed by atoms with Crippen molar-refractivity contribution in [2.24, 2.45) is 0 Å². The first-order valence-electron chi connectivity index (χ1n) is 5.69. The molecule has 0 radical (unpaired) electrons. The second kappa shape index (κ2) is 5.74. The number of ether oxygens (including phenoxy) is 2. The first-order valence-corrected chi connectivity index (χ1v) is 5.69. The van der Waals surface area contributed by atoms with Crippen LogP contribution in [0.5, 0.6) is 0 Å². The molecule has 0 amide bonds. The van der Waals surface area contributed by atoms with Crippen molar-refractivity contribution in [3.05, 3.63) is 11.6 Å².